The number of hydrogen-bond acceptors (Lipinski definition) is 7. The van der Waals surface area contributed by atoms with E-state index in [-0.39, 0.29) is 49.2 Å². The summed E-state index contributed by atoms with van der Waals surface area (Å²) >= 11 is 0. The fourth-order valence-corrected chi connectivity index (χ4v) is 4.46. The maximum Gasteiger partial charge on any atom is 0.306 e. The Morgan fingerprint density at radius 3 is 2.43 bits per heavy atom. The van der Waals surface area contributed by atoms with Crippen molar-refractivity contribution in [2.75, 3.05) is 26.2 Å². The maximum absolute atomic E-state index is 12.6. The molecule has 12 nitrogen and oxygen atoms in total. The van der Waals surface area contributed by atoms with Gasteiger partial charge < -0.3 is 4.90 Å². The number of carbonyl (C=O) groups is 1. The number of nitrogens with zero attached hydrogens (tertiary/aromatic N) is 7. The van der Waals surface area contributed by atoms with Crippen LogP contribution in [0.4, 0.5) is 5.69 Å². The maximum atomic E-state index is 12.6. The summed E-state index contributed by atoms with van der Waals surface area (Å²) in [7, 11) is -1.99. The molecule has 1 amide bonds. The van der Waals surface area contributed by atoms with E-state index in [1.807, 2.05) is 0 Å². The summed E-state index contributed by atoms with van der Waals surface area (Å²) in [5.74, 6) is -0.586. The highest BCUT2D eigenvalue weighted by Gasteiger charge is 2.32. The molecule has 13 heteroatoms. The van der Waals surface area contributed by atoms with Crippen molar-refractivity contribution in [3.8, 4) is 0 Å². The molecule has 0 spiro atoms. The lowest BCUT2D eigenvalue weighted by atomic mass is 10.1. The Labute approximate surface area is 161 Å². The summed E-state index contributed by atoms with van der Waals surface area (Å²) in [6, 6.07) is 0. The van der Waals surface area contributed by atoms with Crippen LogP contribution >= 0.6 is 0 Å². The smallest absolute Gasteiger partial charge is 0.306 e. The van der Waals surface area contributed by atoms with Gasteiger partial charge in [-0.15, -0.1) is 0 Å². The number of aryl methyl sites for hydroxylation is 1. The highest BCUT2D eigenvalue weighted by molar-refractivity contribution is 7.89. The molecule has 0 bridgehead atoms. The van der Waals surface area contributed by atoms with Crippen molar-refractivity contribution in [2.45, 2.75) is 18.4 Å². The Morgan fingerprint density at radius 1 is 1.21 bits per heavy atom. The fourth-order valence-electron chi connectivity index (χ4n) is 3.05. The molecule has 1 atom stereocenters. The lowest BCUT2D eigenvalue weighted by molar-refractivity contribution is -0.385. The second-order valence-corrected chi connectivity index (χ2v) is 8.60. The van der Waals surface area contributed by atoms with Gasteiger partial charge in [-0.25, -0.2) is 8.42 Å². The molecular weight excluding hydrogens is 390 g/mol. The van der Waals surface area contributed by atoms with Crippen molar-refractivity contribution >= 4 is 21.6 Å². The second-order valence-electron chi connectivity index (χ2n) is 6.66. The van der Waals surface area contributed by atoms with Crippen LogP contribution in [0.25, 0.3) is 0 Å². The van der Waals surface area contributed by atoms with Crippen LogP contribution in [-0.4, -0.2) is 74.2 Å². The fraction of sp³-hybridized carbons (Fsp3) is 0.533. The lowest BCUT2D eigenvalue weighted by Crippen LogP contribution is -2.51. The van der Waals surface area contributed by atoms with Crippen molar-refractivity contribution in [3.05, 3.63) is 34.9 Å². The molecule has 152 valence electrons. The molecule has 2 aromatic rings. The predicted molar refractivity (Wildman–Crippen MR) is 96.6 cm³/mol. The standard InChI is InChI=1S/C15H21N7O5S/c1-12(9-20-10-13(7-17-20)22(24)25)15(23)19-3-5-21(6-4-19)28(26,27)14-8-16-18(2)11-14/h7-8,10-12H,3-6,9H2,1-2H3. The number of piperazine rings is 1. The van der Waals surface area contributed by atoms with E-state index in [2.05, 4.69) is 10.2 Å². The van der Waals surface area contributed by atoms with Crippen molar-refractivity contribution < 1.29 is 18.1 Å². The van der Waals surface area contributed by atoms with Gasteiger partial charge in [-0.3, -0.25) is 24.3 Å². The summed E-state index contributed by atoms with van der Waals surface area (Å²) in [5, 5.41) is 18.5. The molecule has 0 aliphatic carbocycles. The average molecular weight is 411 g/mol. The van der Waals surface area contributed by atoms with Gasteiger partial charge in [0.25, 0.3) is 0 Å². The van der Waals surface area contributed by atoms with Crippen molar-refractivity contribution in [1.29, 1.82) is 0 Å². The molecule has 1 saturated heterocycles. The summed E-state index contributed by atoms with van der Waals surface area (Å²) in [4.78, 5) is 24.6. The highest BCUT2D eigenvalue weighted by Crippen LogP contribution is 2.18. The van der Waals surface area contributed by atoms with Gasteiger partial charge >= 0.3 is 5.69 Å². The number of aromatic nitrogens is 4. The Bertz CT molecular complexity index is 975. The zero-order valence-electron chi connectivity index (χ0n) is 15.5. The van der Waals surface area contributed by atoms with E-state index in [0.29, 0.717) is 0 Å². The van der Waals surface area contributed by atoms with E-state index in [1.165, 1.54) is 32.3 Å². The van der Waals surface area contributed by atoms with Crippen LogP contribution in [0, 0.1) is 16.0 Å². The number of rotatable bonds is 6. The second kappa shape index (κ2) is 7.67. The Kier molecular flexibility index (Phi) is 5.47. The van der Waals surface area contributed by atoms with Gasteiger partial charge in [-0.05, 0) is 0 Å². The summed E-state index contributed by atoms with van der Waals surface area (Å²) < 4.78 is 29.4. The van der Waals surface area contributed by atoms with E-state index in [4.69, 9.17) is 0 Å². The van der Waals surface area contributed by atoms with Gasteiger partial charge in [0.2, 0.25) is 15.9 Å². The minimum atomic E-state index is -3.63. The molecular formula is C15H21N7O5S. The van der Waals surface area contributed by atoms with E-state index in [1.54, 1.807) is 18.9 Å². The largest absolute Gasteiger partial charge is 0.340 e. The van der Waals surface area contributed by atoms with Crippen LogP contribution < -0.4 is 0 Å². The first-order valence-corrected chi connectivity index (χ1v) is 10.1. The van der Waals surface area contributed by atoms with E-state index >= 15 is 0 Å². The molecule has 0 aromatic carbocycles. The minimum absolute atomic E-state index is 0.128. The number of carbonyl (C=O) groups excluding carboxylic acids is 1. The Morgan fingerprint density at radius 2 is 1.89 bits per heavy atom. The van der Waals surface area contributed by atoms with Gasteiger partial charge in [0.1, 0.15) is 17.3 Å². The number of nitro groups is 1. The molecule has 0 saturated carbocycles. The first-order chi connectivity index (χ1) is 13.2. The van der Waals surface area contributed by atoms with Gasteiger partial charge in [-0.1, -0.05) is 6.92 Å². The molecule has 1 unspecified atom stereocenters. The predicted octanol–water partition coefficient (Wildman–Crippen LogP) is -0.306. The summed E-state index contributed by atoms with van der Waals surface area (Å²) in [6.45, 7) is 2.88. The van der Waals surface area contributed by atoms with Crippen LogP contribution in [0.5, 0.6) is 0 Å². The average Bonchev–Trinajstić information content (AvgIpc) is 3.30. The van der Waals surface area contributed by atoms with E-state index < -0.39 is 20.9 Å². The van der Waals surface area contributed by atoms with Gasteiger partial charge in [0.15, 0.2) is 0 Å². The molecule has 3 rings (SSSR count). The van der Waals surface area contributed by atoms with Gasteiger partial charge in [0, 0.05) is 39.4 Å². The Balaban J connectivity index is 1.57. The molecule has 0 N–H and O–H groups in total. The number of hydrogen-bond donors (Lipinski definition) is 0. The SMILES string of the molecule is CC(Cn1cc([N+](=O)[O-])cn1)C(=O)N1CCN(S(=O)(=O)c2cnn(C)c2)CC1. The van der Waals surface area contributed by atoms with Crippen LogP contribution in [0.3, 0.4) is 0 Å². The van der Waals surface area contributed by atoms with Crippen LogP contribution in [0.1, 0.15) is 6.92 Å². The quantitative estimate of drug-likeness (QED) is 0.470. The zero-order chi connectivity index (χ0) is 20.5. The summed E-state index contributed by atoms with van der Waals surface area (Å²) in [6.07, 6.45) is 5.16. The van der Waals surface area contributed by atoms with Gasteiger partial charge in [-0.2, -0.15) is 14.5 Å². The lowest BCUT2D eigenvalue weighted by Gasteiger charge is -2.35. The number of sulfonamides is 1. The van der Waals surface area contributed by atoms with Crippen molar-refractivity contribution in [2.24, 2.45) is 13.0 Å². The Hall–Kier alpha value is -2.80. The molecule has 28 heavy (non-hydrogen) atoms. The van der Waals surface area contributed by atoms with Crippen LogP contribution in [0.2, 0.25) is 0 Å². The first-order valence-electron chi connectivity index (χ1n) is 8.63. The van der Waals surface area contributed by atoms with Crippen molar-refractivity contribution in [3.63, 3.8) is 0 Å². The normalized spacial score (nSPS) is 16.9. The van der Waals surface area contributed by atoms with E-state index in [9.17, 15) is 23.3 Å². The van der Waals surface area contributed by atoms with E-state index in [0.717, 1.165) is 6.20 Å². The third-order valence-electron chi connectivity index (χ3n) is 4.58. The summed E-state index contributed by atoms with van der Waals surface area (Å²) in [5.41, 5.74) is -0.131. The molecule has 1 aliphatic heterocycles. The molecule has 2 aromatic heterocycles. The van der Waals surface area contributed by atoms with Crippen molar-refractivity contribution in [1.82, 2.24) is 28.8 Å². The number of amides is 1. The third kappa shape index (κ3) is 4.04. The van der Waals surface area contributed by atoms with Crippen LogP contribution in [-0.2, 0) is 28.4 Å². The van der Waals surface area contributed by atoms with Crippen LogP contribution in [0.15, 0.2) is 29.7 Å². The molecule has 3 heterocycles. The monoisotopic (exact) mass is 411 g/mol. The minimum Gasteiger partial charge on any atom is -0.340 e. The zero-order valence-corrected chi connectivity index (χ0v) is 16.3. The molecule has 1 fully saturated rings. The first kappa shape index (κ1) is 19.9. The molecule has 0 radical (unpaired) electrons. The topological polar surface area (TPSA) is 136 Å². The third-order valence-corrected chi connectivity index (χ3v) is 6.43. The highest BCUT2D eigenvalue weighted by atomic mass is 32.2. The molecule has 1 aliphatic rings. The van der Waals surface area contributed by atoms with Gasteiger partial charge in [0.05, 0.1) is 23.6 Å².